The second-order valence-electron chi connectivity index (χ2n) is 3.12. The molecule has 1 aromatic rings. The Morgan fingerprint density at radius 2 is 1.94 bits per heavy atom. The van der Waals surface area contributed by atoms with E-state index in [1.165, 1.54) is 12.1 Å². The summed E-state index contributed by atoms with van der Waals surface area (Å²) < 4.78 is 61.5. The average molecular weight is 240 g/mol. The fourth-order valence-electron chi connectivity index (χ4n) is 0.981. The summed E-state index contributed by atoms with van der Waals surface area (Å²) >= 11 is 0. The molecule has 0 unspecified atom stereocenters. The van der Waals surface area contributed by atoms with Crippen LogP contribution < -0.4 is 11.1 Å². The molecule has 0 aliphatic heterocycles. The SMILES string of the molecule is Nc1c(F)cccc1NCC(F)(F)C(F)F. The smallest absolute Gasteiger partial charge is 0.324 e. The summed E-state index contributed by atoms with van der Waals surface area (Å²) in [6.07, 6.45) is -3.78. The van der Waals surface area contributed by atoms with Gasteiger partial charge in [0.1, 0.15) is 5.82 Å². The van der Waals surface area contributed by atoms with Gasteiger partial charge in [0.05, 0.1) is 17.9 Å². The molecule has 0 fully saturated rings. The van der Waals surface area contributed by atoms with Gasteiger partial charge in [0.2, 0.25) is 0 Å². The van der Waals surface area contributed by atoms with Gasteiger partial charge in [-0.05, 0) is 12.1 Å². The molecular formula is C9H9F5N2. The van der Waals surface area contributed by atoms with Gasteiger partial charge in [0, 0.05) is 0 Å². The number of rotatable bonds is 4. The molecule has 2 nitrogen and oxygen atoms in total. The predicted molar refractivity (Wildman–Crippen MR) is 50.3 cm³/mol. The number of benzene rings is 1. The third kappa shape index (κ3) is 2.74. The highest BCUT2D eigenvalue weighted by atomic mass is 19.3. The van der Waals surface area contributed by atoms with E-state index >= 15 is 0 Å². The first-order chi connectivity index (χ1) is 7.34. The van der Waals surface area contributed by atoms with Crippen molar-refractivity contribution in [2.24, 2.45) is 0 Å². The number of alkyl halides is 4. The van der Waals surface area contributed by atoms with Crippen LogP contribution >= 0.6 is 0 Å². The van der Waals surface area contributed by atoms with E-state index in [-0.39, 0.29) is 11.4 Å². The Hall–Kier alpha value is -1.53. The lowest BCUT2D eigenvalue weighted by Crippen LogP contribution is -2.35. The van der Waals surface area contributed by atoms with Gasteiger partial charge in [-0.1, -0.05) is 6.07 Å². The van der Waals surface area contributed by atoms with Crippen LogP contribution in [0.5, 0.6) is 0 Å². The number of halogens is 5. The number of para-hydroxylation sites is 1. The van der Waals surface area contributed by atoms with Gasteiger partial charge in [-0.25, -0.2) is 13.2 Å². The molecule has 0 heterocycles. The van der Waals surface area contributed by atoms with Gasteiger partial charge < -0.3 is 11.1 Å². The number of hydrogen-bond donors (Lipinski definition) is 2. The van der Waals surface area contributed by atoms with E-state index in [0.29, 0.717) is 0 Å². The lowest BCUT2D eigenvalue weighted by molar-refractivity contribution is -0.117. The van der Waals surface area contributed by atoms with E-state index in [1.807, 2.05) is 5.32 Å². The third-order valence-corrected chi connectivity index (χ3v) is 1.89. The van der Waals surface area contributed by atoms with Crippen molar-refractivity contribution in [2.75, 3.05) is 17.6 Å². The molecule has 0 atom stereocenters. The Morgan fingerprint density at radius 1 is 1.31 bits per heavy atom. The summed E-state index contributed by atoms with van der Waals surface area (Å²) in [5, 5.41) is 1.98. The lowest BCUT2D eigenvalue weighted by Gasteiger charge is -2.17. The Morgan fingerprint density at radius 3 is 2.50 bits per heavy atom. The maximum absolute atomic E-state index is 12.9. The molecule has 3 N–H and O–H groups in total. The zero-order chi connectivity index (χ0) is 12.3. The molecule has 0 saturated carbocycles. The summed E-state index contributed by atoms with van der Waals surface area (Å²) in [4.78, 5) is 0. The lowest BCUT2D eigenvalue weighted by atomic mass is 10.2. The van der Waals surface area contributed by atoms with Crippen LogP contribution in [0.3, 0.4) is 0 Å². The van der Waals surface area contributed by atoms with E-state index in [2.05, 4.69) is 0 Å². The Labute approximate surface area is 88.2 Å². The summed E-state index contributed by atoms with van der Waals surface area (Å²) in [5.41, 5.74) is 4.70. The molecule has 0 radical (unpaired) electrons. The zero-order valence-electron chi connectivity index (χ0n) is 7.98. The molecule has 0 aromatic heterocycles. The molecule has 0 spiro atoms. The van der Waals surface area contributed by atoms with Crippen LogP contribution in [0.15, 0.2) is 18.2 Å². The first kappa shape index (κ1) is 12.5. The highest BCUT2D eigenvalue weighted by molar-refractivity contribution is 5.66. The Balaban J connectivity index is 2.72. The minimum atomic E-state index is -4.18. The van der Waals surface area contributed by atoms with E-state index < -0.39 is 24.7 Å². The summed E-state index contributed by atoms with van der Waals surface area (Å²) in [7, 11) is 0. The molecule has 1 rings (SSSR count). The second-order valence-corrected chi connectivity index (χ2v) is 3.12. The topological polar surface area (TPSA) is 38.0 Å². The van der Waals surface area contributed by atoms with Crippen molar-refractivity contribution in [3.05, 3.63) is 24.0 Å². The second kappa shape index (κ2) is 4.54. The van der Waals surface area contributed by atoms with Gasteiger partial charge in [0.15, 0.2) is 0 Å². The minimum absolute atomic E-state index is 0.139. The minimum Gasteiger partial charge on any atom is -0.395 e. The maximum Gasteiger partial charge on any atom is 0.324 e. The van der Waals surface area contributed by atoms with Crippen molar-refractivity contribution >= 4 is 11.4 Å². The van der Waals surface area contributed by atoms with Crippen LogP contribution in [0.2, 0.25) is 0 Å². The van der Waals surface area contributed by atoms with Gasteiger partial charge in [-0.3, -0.25) is 0 Å². The quantitative estimate of drug-likeness (QED) is 0.627. The fourth-order valence-corrected chi connectivity index (χ4v) is 0.981. The predicted octanol–water partition coefficient (Wildman–Crippen LogP) is 2.72. The fraction of sp³-hybridized carbons (Fsp3) is 0.333. The van der Waals surface area contributed by atoms with Crippen molar-refractivity contribution in [1.29, 1.82) is 0 Å². The molecule has 7 heteroatoms. The molecule has 1 aromatic carbocycles. The zero-order valence-corrected chi connectivity index (χ0v) is 7.98. The highest BCUT2D eigenvalue weighted by Gasteiger charge is 2.40. The number of hydrogen-bond acceptors (Lipinski definition) is 2. The van der Waals surface area contributed by atoms with Gasteiger partial charge >= 0.3 is 12.3 Å². The highest BCUT2D eigenvalue weighted by Crippen LogP contribution is 2.26. The molecule has 90 valence electrons. The normalized spacial score (nSPS) is 11.9. The molecular weight excluding hydrogens is 231 g/mol. The van der Waals surface area contributed by atoms with Crippen molar-refractivity contribution in [2.45, 2.75) is 12.3 Å². The van der Waals surface area contributed by atoms with Gasteiger partial charge in [-0.2, -0.15) is 8.78 Å². The molecule has 0 aliphatic rings. The van der Waals surface area contributed by atoms with Crippen molar-refractivity contribution in [1.82, 2.24) is 0 Å². The van der Waals surface area contributed by atoms with Crippen LogP contribution in [0, 0.1) is 5.82 Å². The van der Waals surface area contributed by atoms with E-state index in [4.69, 9.17) is 5.73 Å². The van der Waals surface area contributed by atoms with Crippen LogP contribution in [-0.4, -0.2) is 18.9 Å². The summed E-state index contributed by atoms with van der Waals surface area (Å²) in [6, 6.07) is 3.49. The maximum atomic E-state index is 12.9. The van der Waals surface area contributed by atoms with Crippen molar-refractivity contribution in [3.63, 3.8) is 0 Å². The van der Waals surface area contributed by atoms with E-state index in [0.717, 1.165) is 6.07 Å². The molecule has 16 heavy (non-hydrogen) atoms. The number of nitrogens with one attached hydrogen (secondary N) is 1. The first-order valence-corrected chi connectivity index (χ1v) is 4.28. The van der Waals surface area contributed by atoms with Gasteiger partial charge in [0.25, 0.3) is 0 Å². The van der Waals surface area contributed by atoms with Crippen molar-refractivity contribution in [3.8, 4) is 0 Å². The Bertz CT molecular complexity index is 367. The van der Waals surface area contributed by atoms with Crippen LogP contribution in [0.4, 0.5) is 33.3 Å². The van der Waals surface area contributed by atoms with Crippen molar-refractivity contribution < 1.29 is 22.0 Å². The number of anilines is 2. The molecule has 0 amide bonds. The number of nitrogens with two attached hydrogens (primary N) is 1. The van der Waals surface area contributed by atoms with Crippen LogP contribution in [0.25, 0.3) is 0 Å². The monoisotopic (exact) mass is 240 g/mol. The summed E-state index contributed by atoms with van der Waals surface area (Å²) in [6.45, 7) is -1.31. The van der Waals surface area contributed by atoms with E-state index in [1.54, 1.807) is 0 Å². The van der Waals surface area contributed by atoms with Crippen LogP contribution in [0.1, 0.15) is 0 Å². The molecule has 0 saturated heterocycles. The van der Waals surface area contributed by atoms with E-state index in [9.17, 15) is 22.0 Å². The standard InChI is InChI=1S/C9H9F5N2/c10-5-2-1-3-6(7(5)15)16-4-9(13,14)8(11)12/h1-3,8,16H,4,15H2. The third-order valence-electron chi connectivity index (χ3n) is 1.89. The van der Waals surface area contributed by atoms with Gasteiger partial charge in [-0.15, -0.1) is 0 Å². The Kier molecular flexibility index (Phi) is 3.56. The van der Waals surface area contributed by atoms with Crippen LogP contribution in [-0.2, 0) is 0 Å². The molecule has 0 aliphatic carbocycles. The number of nitrogen functional groups attached to an aromatic ring is 1. The largest absolute Gasteiger partial charge is 0.395 e. The average Bonchev–Trinajstić information content (AvgIpc) is 2.20. The first-order valence-electron chi connectivity index (χ1n) is 4.28. The molecule has 0 bridgehead atoms. The summed E-state index contributed by atoms with van der Waals surface area (Å²) in [5.74, 6) is -4.98.